The van der Waals surface area contributed by atoms with Gasteiger partial charge in [-0.2, -0.15) is 0 Å². The Labute approximate surface area is 95.4 Å². The normalized spacial score (nSPS) is 25.1. The first-order chi connectivity index (χ1) is 7.79. The van der Waals surface area contributed by atoms with Crippen LogP contribution in [-0.4, -0.2) is 29.2 Å². The monoisotopic (exact) mass is 222 g/mol. The van der Waals surface area contributed by atoms with E-state index in [9.17, 15) is 0 Å². The molecule has 0 aliphatic heterocycles. The zero-order chi connectivity index (χ0) is 11.4. The fraction of sp³-hybridized carbons (Fsp3) is 0.636. The minimum atomic E-state index is 0.217. The molecule has 0 aromatic carbocycles. The van der Waals surface area contributed by atoms with Crippen LogP contribution >= 0.6 is 0 Å². The van der Waals surface area contributed by atoms with Gasteiger partial charge in [0.1, 0.15) is 12.1 Å². The van der Waals surface area contributed by atoms with E-state index in [-0.39, 0.29) is 6.04 Å². The molecule has 0 spiro atoms. The van der Waals surface area contributed by atoms with Crippen molar-refractivity contribution in [2.45, 2.75) is 37.8 Å². The van der Waals surface area contributed by atoms with E-state index in [2.05, 4.69) is 15.3 Å². The molecule has 1 aromatic heterocycles. The van der Waals surface area contributed by atoms with Crippen molar-refractivity contribution in [2.75, 3.05) is 12.4 Å². The van der Waals surface area contributed by atoms with Gasteiger partial charge in [-0.1, -0.05) is 12.8 Å². The highest BCUT2D eigenvalue weighted by Crippen LogP contribution is 2.21. The highest BCUT2D eigenvalue weighted by molar-refractivity contribution is 5.38. The van der Waals surface area contributed by atoms with Gasteiger partial charge in [0.2, 0.25) is 5.88 Å². The quantitative estimate of drug-likeness (QED) is 0.803. The molecule has 88 valence electrons. The Bertz CT molecular complexity index is 345. The average molecular weight is 222 g/mol. The second-order valence-corrected chi connectivity index (χ2v) is 4.14. The summed E-state index contributed by atoms with van der Waals surface area (Å²) in [5.74, 6) is 1.36. The Kier molecular flexibility index (Phi) is 3.56. The molecule has 1 fully saturated rings. The Balaban J connectivity index is 2.01. The predicted octanol–water partition coefficient (Wildman–Crippen LogP) is 1.17. The molecule has 5 nitrogen and oxygen atoms in total. The van der Waals surface area contributed by atoms with Crippen molar-refractivity contribution < 1.29 is 4.74 Å². The number of anilines is 1. The minimum Gasteiger partial charge on any atom is -0.481 e. The number of hydrogen-bond donors (Lipinski definition) is 2. The van der Waals surface area contributed by atoms with Crippen LogP contribution in [0.1, 0.15) is 25.7 Å². The van der Waals surface area contributed by atoms with Gasteiger partial charge in [-0.05, 0) is 12.8 Å². The van der Waals surface area contributed by atoms with Crippen molar-refractivity contribution >= 4 is 5.82 Å². The van der Waals surface area contributed by atoms with Crippen LogP contribution in [0.2, 0.25) is 0 Å². The van der Waals surface area contributed by atoms with E-state index in [4.69, 9.17) is 10.5 Å². The van der Waals surface area contributed by atoms with Crippen molar-refractivity contribution in [2.24, 2.45) is 5.73 Å². The Hall–Kier alpha value is -1.36. The van der Waals surface area contributed by atoms with E-state index in [1.165, 1.54) is 19.2 Å². The molecule has 1 saturated carbocycles. The summed E-state index contributed by atoms with van der Waals surface area (Å²) >= 11 is 0. The maximum atomic E-state index is 6.06. The van der Waals surface area contributed by atoms with Crippen LogP contribution in [0.25, 0.3) is 0 Å². The Morgan fingerprint density at radius 1 is 1.38 bits per heavy atom. The van der Waals surface area contributed by atoms with Gasteiger partial charge in [0.15, 0.2) is 0 Å². The molecule has 0 unspecified atom stereocenters. The van der Waals surface area contributed by atoms with Crippen molar-refractivity contribution in [3.63, 3.8) is 0 Å². The molecule has 3 N–H and O–H groups in total. The Morgan fingerprint density at radius 2 is 2.19 bits per heavy atom. The van der Waals surface area contributed by atoms with E-state index in [0.717, 1.165) is 18.7 Å². The van der Waals surface area contributed by atoms with Crippen LogP contribution in [0.4, 0.5) is 5.82 Å². The van der Waals surface area contributed by atoms with Gasteiger partial charge in [0.05, 0.1) is 7.11 Å². The van der Waals surface area contributed by atoms with Crippen LogP contribution in [0.3, 0.4) is 0 Å². The zero-order valence-corrected chi connectivity index (χ0v) is 9.52. The molecule has 1 heterocycles. The van der Waals surface area contributed by atoms with E-state index < -0.39 is 0 Å². The summed E-state index contributed by atoms with van der Waals surface area (Å²) in [6.45, 7) is 0. The smallest absolute Gasteiger partial charge is 0.218 e. The highest BCUT2D eigenvalue weighted by Gasteiger charge is 2.21. The standard InChI is InChI=1S/C11H18N4O/c1-16-11-6-10(13-7-14-11)15-9-5-3-2-4-8(9)12/h6-9H,2-5,12H2,1H3,(H,13,14,15)/t8-,9-/m1/s1. The number of rotatable bonds is 3. The number of hydrogen-bond acceptors (Lipinski definition) is 5. The molecule has 0 bridgehead atoms. The molecule has 16 heavy (non-hydrogen) atoms. The van der Waals surface area contributed by atoms with Crippen molar-refractivity contribution in [1.82, 2.24) is 9.97 Å². The number of methoxy groups -OCH3 is 1. The summed E-state index contributed by atoms with van der Waals surface area (Å²) < 4.78 is 5.05. The van der Waals surface area contributed by atoms with E-state index in [0.29, 0.717) is 11.9 Å². The summed E-state index contributed by atoms with van der Waals surface area (Å²) in [5, 5.41) is 3.35. The van der Waals surface area contributed by atoms with E-state index in [1.54, 1.807) is 13.2 Å². The second kappa shape index (κ2) is 5.12. The number of aromatic nitrogens is 2. The summed E-state index contributed by atoms with van der Waals surface area (Å²) in [5.41, 5.74) is 6.06. The lowest BCUT2D eigenvalue weighted by Gasteiger charge is -2.29. The van der Waals surface area contributed by atoms with Crippen LogP contribution in [0, 0.1) is 0 Å². The molecule has 1 aliphatic rings. The molecule has 0 amide bonds. The number of nitrogens with two attached hydrogens (primary N) is 1. The van der Waals surface area contributed by atoms with Gasteiger partial charge in [-0.3, -0.25) is 0 Å². The molecular weight excluding hydrogens is 204 g/mol. The summed E-state index contributed by atoms with van der Waals surface area (Å²) in [7, 11) is 1.60. The van der Waals surface area contributed by atoms with Crippen molar-refractivity contribution in [1.29, 1.82) is 0 Å². The lowest BCUT2D eigenvalue weighted by atomic mass is 9.91. The molecule has 0 radical (unpaired) electrons. The van der Waals surface area contributed by atoms with Crippen molar-refractivity contribution in [3.05, 3.63) is 12.4 Å². The van der Waals surface area contributed by atoms with Gasteiger partial charge in [0.25, 0.3) is 0 Å². The number of nitrogens with one attached hydrogen (secondary N) is 1. The lowest BCUT2D eigenvalue weighted by molar-refractivity contribution is 0.394. The summed E-state index contributed by atoms with van der Waals surface area (Å²) in [6, 6.07) is 2.32. The molecule has 5 heteroatoms. The van der Waals surface area contributed by atoms with Gasteiger partial charge < -0.3 is 15.8 Å². The van der Waals surface area contributed by atoms with E-state index >= 15 is 0 Å². The van der Waals surface area contributed by atoms with Gasteiger partial charge in [0, 0.05) is 18.2 Å². The molecule has 1 aromatic rings. The van der Waals surface area contributed by atoms with Crippen LogP contribution in [0.15, 0.2) is 12.4 Å². The SMILES string of the molecule is COc1cc(N[C@@H]2CCCC[C@H]2N)ncn1. The maximum absolute atomic E-state index is 6.06. The first-order valence-corrected chi connectivity index (χ1v) is 5.68. The third-order valence-electron chi connectivity index (χ3n) is 3.00. The minimum absolute atomic E-state index is 0.217. The third kappa shape index (κ3) is 2.61. The lowest BCUT2D eigenvalue weighted by Crippen LogP contribution is -2.42. The first-order valence-electron chi connectivity index (χ1n) is 5.68. The Morgan fingerprint density at radius 3 is 2.94 bits per heavy atom. The fourth-order valence-electron chi connectivity index (χ4n) is 2.06. The van der Waals surface area contributed by atoms with Gasteiger partial charge in [-0.25, -0.2) is 9.97 Å². The predicted molar refractivity (Wildman–Crippen MR) is 62.4 cm³/mol. The topological polar surface area (TPSA) is 73.1 Å². The fourth-order valence-corrected chi connectivity index (χ4v) is 2.06. The molecule has 1 aliphatic carbocycles. The molecule has 0 saturated heterocycles. The number of nitrogens with zero attached hydrogens (tertiary/aromatic N) is 2. The largest absolute Gasteiger partial charge is 0.481 e. The van der Waals surface area contributed by atoms with Crippen LogP contribution < -0.4 is 15.8 Å². The average Bonchev–Trinajstić information content (AvgIpc) is 2.32. The summed E-state index contributed by atoms with van der Waals surface area (Å²) in [6.07, 6.45) is 6.14. The second-order valence-electron chi connectivity index (χ2n) is 4.14. The highest BCUT2D eigenvalue weighted by atomic mass is 16.5. The molecular formula is C11H18N4O. The molecule has 2 atom stereocenters. The molecule has 2 rings (SSSR count). The maximum Gasteiger partial charge on any atom is 0.218 e. The van der Waals surface area contributed by atoms with Gasteiger partial charge >= 0.3 is 0 Å². The van der Waals surface area contributed by atoms with Crippen LogP contribution in [0.5, 0.6) is 5.88 Å². The zero-order valence-electron chi connectivity index (χ0n) is 9.52. The number of ether oxygens (including phenoxy) is 1. The van der Waals surface area contributed by atoms with Crippen LogP contribution in [-0.2, 0) is 0 Å². The third-order valence-corrected chi connectivity index (χ3v) is 3.00. The van der Waals surface area contributed by atoms with E-state index in [1.807, 2.05) is 0 Å². The first kappa shape index (κ1) is 11.1. The van der Waals surface area contributed by atoms with Crippen molar-refractivity contribution in [3.8, 4) is 5.88 Å². The summed E-state index contributed by atoms with van der Waals surface area (Å²) in [4.78, 5) is 8.12. The van der Waals surface area contributed by atoms with Gasteiger partial charge in [-0.15, -0.1) is 0 Å².